The minimum Gasteiger partial charge on any atom is -0.488 e. The summed E-state index contributed by atoms with van der Waals surface area (Å²) in [5, 5.41) is 4.57. The highest BCUT2D eigenvalue weighted by molar-refractivity contribution is 5.96. The molecular formula is C22H25N3O4. The van der Waals surface area contributed by atoms with Crippen molar-refractivity contribution in [2.24, 2.45) is 7.05 Å². The maximum absolute atomic E-state index is 13.4. The lowest BCUT2D eigenvalue weighted by Gasteiger charge is -2.22. The van der Waals surface area contributed by atoms with Gasteiger partial charge >= 0.3 is 0 Å². The molecule has 2 aromatic heterocycles. The molecule has 1 aromatic carbocycles. The van der Waals surface area contributed by atoms with Gasteiger partial charge in [0.2, 0.25) is 0 Å². The molecule has 0 aliphatic carbocycles. The van der Waals surface area contributed by atoms with Crippen molar-refractivity contribution in [2.75, 3.05) is 19.8 Å². The number of hydrogen-bond acceptors (Lipinski definition) is 5. The van der Waals surface area contributed by atoms with Gasteiger partial charge in [-0.05, 0) is 37.6 Å². The number of amides is 1. The summed E-state index contributed by atoms with van der Waals surface area (Å²) in [6.45, 7) is 4.51. The molecule has 0 radical (unpaired) electrons. The van der Waals surface area contributed by atoms with Crippen LogP contribution in [0.5, 0.6) is 5.75 Å². The fraction of sp³-hybridized carbons (Fsp3) is 0.364. The lowest BCUT2D eigenvalue weighted by Crippen LogP contribution is -2.33. The fourth-order valence-corrected chi connectivity index (χ4v) is 3.65. The van der Waals surface area contributed by atoms with Crippen molar-refractivity contribution in [3.05, 3.63) is 59.7 Å². The topological polar surface area (TPSA) is 69.7 Å². The van der Waals surface area contributed by atoms with Gasteiger partial charge in [-0.3, -0.25) is 9.48 Å². The largest absolute Gasteiger partial charge is 0.488 e. The number of aromatic nitrogens is 2. The second-order valence-electron chi connectivity index (χ2n) is 6.94. The highest BCUT2D eigenvalue weighted by Crippen LogP contribution is 2.38. The summed E-state index contributed by atoms with van der Waals surface area (Å²) < 4.78 is 18.6. The van der Waals surface area contributed by atoms with Gasteiger partial charge in [-0.1, -0.05) is 12.1 Å². The van der Waals surface area contributed by atoms with Crippen LogP contribution in [0.1, 0.15) is 35.2 Å². The first-order valence-electron chi connectivity index (χ1n) is 9.86. The van der Waals surface area contributed by atoms with Gasteiger partial charge in [-0.15, -0.1) is 0 Å². The second-order valence-corrected chi connectivity index (χ2v) is 6.94. The summed E-state index contributed by atoms with van der Waals surface area (Å²) in [5.41, 5.74) is 3.14. The molecule has 0 fully saturated rings. The third-order valence-corrected chi connectivity index (χ3v) is 5.00. The summed E-state index contributed by atoms with van der Waals surface area (Å²) in [4.78, 5) is 15.2. The monoisotopic (exact) mass is 395 g/mol. The Bertz CT molecular complexity index is 978. The van der Waals surface area contributed by atoms with Gasteiger partial charge in [0.05, 0.1) is 18.5 Å². The SMILES string of the molecule is CCOCCCN(Cc1ccco1)C(=O)c1nn(C)c2c1COc1ccccc1-2. The number of hydrogen-bond donors (Lipinski definition) is 0. The number of para-hydroxylation sites is 1. The average Bonchev–Trinajstić information content (AvgIpc) is 3.37. The quantitative estimate of drug-likeness (QED) is 0.545. The molecule has 1 aliphatic heterocycles. The van der Waals surface area contributed by atoms with Gasteiger partial charge in [-0.2, -0.15) is 5.10 Å². The molecule has 0 bridgehead atoms. The van der Waals surface area contributed by atoms with Crippen LogP contribution in [0.4, 0.5) is 0 Å². The van der Waals surface area contributed by atoms with Crippen LogP contribution in [0.15, 0.2) is 47.1 Å². The molecule has 7 nitrogen and oxygen atoms in total. The standard InChI is InChI=1S/C22H25N3O4/c1-3-27-12-7-11-25(14-16-8-6-13-28-16)22(26)20-18-15-29-19-10-5-4-9-17(19)21(18)24(2)23-20/h4-6,8-10,13H,3,7,11-12,14-15H2,1-2H3. The van der Waals surface area contributed by atoms with Crippen molar-refractivity contribution in [3.8, 4) is 17.0 Å². The third-order valence-electron chi connectivity index (χ3n) is 5.00. The molecule has 0 unspecified atom stereocenters. The molecule has 4 rings (SSSR count). The van der Waals surface area contributed by atoms with Crippen LogP contribution in [-0.4, -0.2) is 40.3 Å². The van der Waals surface area contributed by atoms with Gasteiger partial charge < -0.3 is 18.8 Å². The van der Waals surface area contributed by atoms with E-state index in [-0.39, 0.29) is 5.91 Å². The first-order valence-corrected chi connectivity index (χ1v) is 9.86. The highest BCUT2D eigenvalue weighted by Gasteiger charge is 2.30. The zero-order chi connectivity index (χ0) is 20.2. The zero-order valence-corrected chi connectivity index (χ0v) is 16.8. The van der Waals surface area contributed by atoms with Crippen LogP contribution in [-0.2, 0) is 24.9 Å². The minimum atomic E-state index is -0.127. The summed E-state index contributed by atoms with van der Waals surface area (Å²) in [6, 6.07) is 11.5. The van der Waals surface area contributed by atoms with Crippen molar-refractivity contribution in [1.82, 2.24) is 14.7 Å². The number of carbonyl (C=O) groups excluding carboxylic acids is 1. The number of ether oxygens (including phenoxy) is 2. The third kappa shape index (κ3) is 3.91. The molecule has 3 aromatic rings. The highest BCUT2D eigenvalue weighted by atomic mass is 16.5. The van der Waals surface area contributed by atoms with E-state index in [2.05, 4.69) is 5.10 Å². The predicted molar refractivity (Wildman–Crippen MR) is 108 cm³/mol. The first kappa shape index (κ1) is 19.3. The van der Waals surface area contributed by atoms with Gasteiger partial charge in [0, 0.05) is 37.9 Å². The normalized spacial score (nSPS) is 12.2. The van der Waals surface area contributed by atoms with Gasteiger partial charge in [-0.25, -0.2) is 0 Å². The van der Waals surface area contributed by atoms with E-state index in [9.17, 15) is 4.79 Å². The van der Waals surface area contributed by atoms with Crippen LogP contribution in [0.2, 0.25) is 0 Å². The summed E-state index contributed by atoms with van der Waals surface area (Å²) >= 11 is 0. The number of fused-ring (bicyclic) bond motifs is 3. The Kier molecular flexibility index (Phi) is 5.67. The summed E-state index contributed by atoms with van der Waals surface area (Å²) in [5.74, 6) is 1.42. The van der Waals surface area contributed by atoms with E-state index >= 15 is 0 Å². The van der Waals surface area contributed by atoms with Crippen molar-refractivity contribution < 1.29 is 18.7 Å². The lowest BCUT2D eigenvalue weighted by molar-refractivity contribution is 0.0690. The minimum absolute atomic E-state index is 0.127. The van der Waals surface area contributed by atoms with Crippen LogP contribution in [0.3, 0.4) is 0 Å². The van der Waals surface area contributed by atoms with E-state index in [1.54, 1.807) is 15.8 Å². The lowest BCUT2D eigenvalue weighted by atomic mass is 10.0. The Morgan fingerprint density at radius 3 is 2.93 bits per heavy atom. The fourth-order valence-electron chi connectivity index (χ4n) is 3.65. The van der Waals surface area contributed by atoms with E-state index in [1.165, 1.54) is 0 Å². The molecule has 0 saturated heterocycles. The van der Waals surface area contributed by atoms with E-state index in [1.807, 2.05) is 50.4 Å². The number of benzene rings is 1. The van der Waals surface area contributed by atoms with Gasteiger partial charge in [0.1, 0.15) is 18.1 Å². The molecule has 3 heterocycles. The maximum Gasteiger partial charge on any atom is 0.275 e. The Hall–Kier alpha value is -3.06. The molecule has 0 atom stereocenters. The Balaban J connectivity index is 1.62. The molecule has 152 valence electrons. The Morgan fingerprint density at radius 2 is 2.14 bits per heavy atom. The Labute approximate surface area is 169 Å². The number of carbonyl (C=O) groups is 1. The van der Waals surface area contributed by atoms with E-state index in [4.69, 9.17) is 13.9 Å². The summed E-state index contributed by atoms with van der Waals surface area (Å²) in [6.07, 6.45) is 2.36. The molecule has 29 heavy (non-hydrogen) atoms. The summed E-state index contributed by atoms with van der Waals surface area (Å²) in [7, 11) is 1.86. The number of furan rings is 1. The molecule has 0 saturated carbocycles. The van der Waals surface area contributed by atoms with Crippen molar-refractivity contribution >= 4 is 5.91 Å². The zero-order valence-electron chi connectivity index (χ0n) is 16.8. The van der Waals surface area contributed by atoms with Crippen LogP contribution >= 0.6 is 0 Å². The average molecular weight is 395 g/mol. The molecule has 1 aliphatic rings. The van der Waals surface area contributed by atoms with Crippen LogP contribution in [0, 0.1) is 0 Å². The number of nitrogens with zero attached hydrogens (tertiary/aromatic N) is 3. The number of rotatable bonds is 8. The van der Waals surface area contributed by atoms with E-state index in [0.29, 0.717) is 38.6 Å². The second kappa shape index (κ2) is 8.53. The molecule has 7 heteroatoms. The predicted octanol–water partition coefficient (Wildman–Crippen LogP) is 3.64. The van der Waals surface area contributed by atoms with Crippen molar-refractivity contribution in [3.63, 3.8) is 0 Å². The molecule has 0 N–H and O–H groups in total. The van der Waals surface area contributed by atoms with Gasteiger partial charge in [0.15, 0.2) is 5.69 Å². The van der Waals surface area contributed by atoms with E-state index < -0.39 is 0 Å². The van der Waals surface area contributed by atoms with Crippen molar-refractivity contribution in [2.45, 2.75) is 26.5 Å². The molecule has 1 amide bonds. The smallest absolute Gasteiger partial charge is 0.275 e. The van der Waals surface area contributed by atoms with Crippen molar-refractivity contribution in [1.29, 1.82) is 0 Å². The van der Waals surface area contributed by atoms with E-state index in [0.717, 1.165) is 34.8 Å². The Morgan fingerprint density at radius 1 is 1.28 bits per heavy atom. The van der Waals surface area contributed by atoms with Gasteiger partial charge in [0.25, 0.3) is 5.91 Å². The number of aryl methyl sites for hydroxylation is 1. The van der Waals surface area contributed by atoms with Crippen LogP contribution < -0.4 is 4.74 Å². The van der Waals surface area contributed by atoms with Crippen LogP contribution in [0.25, 0.3) is 11.3 Å². The maximum atomic E-state index is 13.4. The molecule has 0 spiro atoms. The first-order chi connectivity index (χ1) is 14.2. The molecular weight excluding hydrogens is 370 g/mol.